The molecule has 0 saturated carbocycles. The van der Waals surface area contributed by atoms with E-state index in [2.05, 4.69) is 30.6 Å². The lowest BCUT2D eigenvalue weighted by atomic mass is 10.4. The average molecular weight is 283 g/mol. The molecule has 2 heterocycles. The third kappa shape index (κ3) is 3.54. The summed E-state index contributed by atoms with van der Waals surface area (Å²) < 4.78 is 5.45. The van der Waals surface area contributed by atoms with Crippen molar-refractivity contribution in [2.45, 2.75) is 27.3 Å². The zero-order chi connectivity index (χ0) is 13.8. The van der Waals surface area contributed by atoms with Crippen LogP contribution in [0.3, 0.4) is 0 Å². The van der Waals surface area contributed by atoms with Gasteiger partial charge in [0.15, 0.2) is 0 Å². The van der Waals surface area contributed by atoms with E-state index in [0.29, 0.717) is 30.9 Å². The molecule has 0 atom stereocenters. The van der Waals surface area contributed by atoms with Gasteiger partial charge < -0.3 is 15.1 Å². The Kier molecular flexibility index (Phi) is 4.16. The molecule has 0 aliphatic carbocycles. The topological polar surface area (TPSA) is 88.8 Å². The highest BCUT2D eigenvalue weighted by Gasteiger charge is 2.08. The van der Waals surface area contributed by atoms with Crippen molar-refractivity contribution in [3.63, 3.8) is 0 Å². The van der Waals surface area contributed by atoms with Gasteiger partial charge in [0.05, 0.1) is 12.2 Å². The van der Waals surface area contributed by atoms with Crippen molar-refractivity contribution >= 4 is 23.5 Å². The molecule has 7 nitrogen and oxygen atoms in total. The van der Waals surface area contributed by atoms with Gasteiger partial charge in [0.25, 0.3) is 0 Å². The predicted molar refractivity (Wildman–Crippen MR) is 72.3 cm³/mol. The van der Waals surface area contributed by atoms with E-state index < -0.39 is 0 Å². The Hall–Kier alpha value is -1.89. The predicted octanol–water partition coefficient (Wildman–Crippen LogP) is 2.17. The third-order valence-corrected chi connectivity index (χ3v) is 2.58. The molecule has 0 aromatic carbocycles. The molecule has 0 aliphatic heterocycles. The Bertz CT molecular complexity index is 551. The van der Waals surface area contributed by atoms with Crippen LogP contribution in [0.2, 0.25) is 5.28 Å². The molecule has 2 aromatic heterocycles. The standard InChI is InChI=1S/C11H15ClN6O/c1-4-13-10-16-9(12)17-11(18-10)14-5-8-15-6(2)7(3)19-8/h4-5H2,1-3H3,(H2,13,14,16,17,18). The molecule has 19 heavy (non-hydrogen) atoms. The molecule has 0 aliphatic rings. The number of aromatic nitrogens is 4. The maximum absolute atomic E-state index is 5.82. The van der Waals surface area contributed by atoms with E-state index in [-0.39, 0.29) is 5.28 Å². The fraction of sp³-hybridized carbons (Fsp3) is 0.455. The quantitative estimate of drug-likeness (QED) is 0.869. The van der Waals surface area contributed by atoms with Gasteiger partial charge in [0.1, 0.15) is 5.76 Å². The van der Waals surface area contributed by atoms with Gasteiger partial charge in [0, 0.05) is 6.54 Å². The molecule has 0 fully saturated rings. The largest absolute Gasteiger partial charge is 0.444 e. The van der Waals surface area contributed by atoms with Crippen LogP contribution in [-0.4, -0.2) is 26.5 Å². The molecule has 2 rings (SSSR count). The molecular weight excluding hydrogens is 268 g/mol. The number of oxazole rings is 1. The summed E-state index contributed by atoms with van der Waals surface area (Å²) in [5.41, 5.74) is 0.874. The number of anilines is 2. The zero-order valence-electron chi connectivity index (χ0n) is 11.0. The van der Waals surface area contributed by atoms with Gasteiger partial charge in [-0.15, -0.1) is 0 Å². The van der Waals surface area contributed by atoms with Gasteiger partial charge in [-0.3, -0.25) is 0 Å². The van der Waals surface area contributed by atoms with E-state index in [9.17, 15) is 0 Å². The van der Waals surface area contributed by atoms with E-state index in [1.807, 2.05) is 20.8 Å². The van der Waals surface area contributed by atoms with Crippen LogP contribution in [0.25, 0.3) is 0 Å². The second-order valence-electron chi connectivity index (χ2n) is 3.88. The lowest BCUT2D eigenvalue weighted by molar-refractivity contribution is 0.478. The number of halogens is 1. The maximum atomic E-state index is 5.82. The minimum absolute atomic E-state index is 0.133. The number of nitrogens with zero attached hydrogens (tertiary/aromatic N) is 4. The third-order valence-electron chi connectivity index (χ3n) is 2.41. The van der Waals surface area contributed by atoms with Gasteiger partial charge in [-0.2, -0.15) is 15.0 Å². The van der Waals surface area contributed by atoms with Crippen molar-refractivity contribution in [1.29, 1.82) is 0 Å². The van der Waals surface area contributed by atoms with Gasteiger partial charge in [-0.25, -0.2) is 4.98 Å². The number of rotatable bonds is 5. The van der Waals surface area contributed by atoms with Crippen molar-refractivity contribution in [3.8, 4) is 0 Å². The SMILES string of the molecule is CCNc1nc(Cl)nc(NCc2nc(C)c(C)o2)n1. The first-order chi connectivity index (χ1) is 9.08. The van der Waals surface area contributed by atoms with E-state index in [0.717, 1.165) is 11.5 Å². The summed E-state index contributed by atoms with van der Waals surface area (Å²) in [6, 6.07) is 0. The first-order valence-corrected chi connectivity index (χ1v) is 6.28. The normalized spacial score (nSPS) is 10.5. The first-order valence-electron chi connectivity index (χ1n) is 5.90. The van der Waals surface area contributed by atoms with Gasteiger partial charge in [0.2, 0.25) is 23.1 Å². The van der Waals surface area contributed by atoms with Crippen LogP contribution in [0.4, 0.5) is 11.9 Å². The van der Waals surface area contributed by atoms with E-state index >= 15 is 0 Å². The minimum Gasteiger partial charge on any atom is -0.444 e. The van der Waals surface area contributed by atoms with Crippen molar-refractivity contribution in [1.82, 2.24) is 19.9 Å². The number of hydrogen-bond donors (Lipinski definition) is 2. The molecule has 102 valence electrons. The van der Waals surface area contributed by atoms with Crippen LogP contribution in [0.15, 0.2) is 4.42 Å². The monoisotopic (exact) mass is 282 g/mol. The fourth-order valence-electron chi connectivity index (χ4n) is 1.44. The van der Waals surface area contributed by atoms with Crippen LogP contribution in [0.1, 0.15) is 24.3 Å². The lowest BCUT2D eigenvalue weighted by Crippen LogP contribution is -2.09. The molecule has 0 radical (unpaired) electrons. The van der Waals surface area contributed by atoms with Crippen LogP contribution in [0.5, 0.6) is 0 Å². The van der Waals surface area contributed by atoms with Gasteiger partial charge >= 0.3 is 0 Å². The van der Waals surface area contributed by atoms with Crippen molar-refractivity contribution in [2.75, 3.05) is 17.2 Å². The maximum Gasteiger partial charge on any atom is 0.229 e. The summed E-state index contributed by atoms with van der Waals surface area (Å²) in [6.45, 7) is 6.81. The molecule has 0 unspecified atom stereocenters. The highest BCUT2D eigenvalue weighted by molar-refractivity contribution is 6.28. The lowest BCUT2D eigenvalue weighted by Gasteiger charge is -2.05. The molecule has 2 N–H and O–H groups in total. The Balaban J connectivity index is 2.06. The number of hydrogen-bond acceptors (Lipinski definition) is 7. The number of nitrogens with one attached hydrogen (secondary N) is 2. The molecular formula is C11H15ClN6O. The fourth-order valence-corrected chi connectivity index (χ4v) is 1.60. The summed E-state index contributed by atoms with van der Waals surface area (Å²) in [7, 11) is 0. The minimum atomic E-state index is 0.133. The Morgan fingerprint density at radius 1 is 1.05 bits per heavy atom. The number of aryl methyl sites for hydroxylation is 2. The van der Waals surface area contributed by atoms with Crippen LogP contribution in [-0.2, 0) is 6.54 Å². The second kappa shape index (κ2) is 5.83. The smallest absolute Gasteiger partial charge is 0.229 e. The van der Waals surface area contributed by atoms with Crippen molar-refractivity contribution < 1.29 is 4.42 Å². The van der Waals surface area contributed by atoms with E-state index in [1.165, 1.54) is 0 Å². The zero-order valence-corrected chi connectivity index (χ0v) is 11.7. The summed E-state index contributed by atoms with van der Waals surface area (Å²) >= 11 is 5.82. The van der Waals surface area contributed by atoms with Crippen molar-refractivity contribution in [3.05, 3.63) is 22.6 Å². The highest BCUT2D eigenvalue weighted by atomic mass is 35.5. The summed E-state index contributed by atoms with van der Waals surface area (Å²) in [6.07, 6.45) is 0. The molecule has 0 saturated heterocycles. The highest BCUT2D eigenvalue weighted by Crippen LogP contribution is 2.12. The summed E-state index contributed by atoms with van der Waals surface area (Å²) in [5, 5.41) is 6.11. The van der Waals surface area contributed by atoms with Gasteiger partial charge in [-0.1, -0.05) is 0 Å². The molecule has 2 aromatic rings. The van der Waals surface area contributed by atoms with E-state index in [4.69, 9.17) is 16.0 Å². The molecule has 0 amide bonds. The first kappa shape index (κ1) is 13.5. The van der Waals surface area contributed by atoms with Crippen molar-refractivity contribution in [2.24, 2.45) is 0 Å². The average Bonchev–Trinajstić information content (AvgIpc) is 2.66. The molecule has 0 spiro atoms. The Labute approximate surface area is 115 Å². The Morgan fingerprint density at radius 2 is 1.74 bits per heavy atom. The summed E-state index contributed by atoms with van der Waals surface area (Å²) in [4.78, 5) is 16.4. The van der Waals surface area contributed by atoms with Crippen LogP contribution in [0, 0.1) is 13.8 Å². The summed E-state index contributed by atoms with van der Waals surface area (Å²) in [5.74, 6) is 2.20. The Morgan fingerprint density at radius 3 is 2.32 bits per heavy atom. The second-order valence-corrected chi connectivity index (χ2v) is 4.22. The van der Waals surface area contributed by atoms with Gasteiger partial charge in [-0.05, 0) is 32.4 Å². The van der Waals surface area contributed by atoms with E-state index in [1.54, 1.807) is 0 Å². The van der Waals surface area contributed by atoms with Crippen LogP contribution < -0.4 is 10.6 Å². The van der Waals surface area contributed by atoms with Crippen LogP contribution >= 0.6 is 11.6 Å². The molecule has 0 bridgehead atoms. The molecule has 8 heteroatoms.